The zero-order valence-electron chi connectivity index (χ0n) is 15.2. The maximum Gasteiger partial charge on any atom is 0.355 e. The first-order valence-corrected chi connectivity index (χ1v) is 10.8. The van der Waals surface area contributed by atoms with Crippen molar-refractivity contribution in [3.8, 4) is 17.1 Å². The van der Waals surface area contributed by atoms with E-state index >= 15 is 0 Å². The molecule has 2 aromatic carbocycles. The van der Waals surface area contributed by atoms with Crippen LogP contribution in [-0.4, -0.2) is 30.8 Å². The Kier molecular flexibility index (Phi) is 5.66. The number of carbonyl (C=O) groups is 1. The molecule has 0 aliphatic heterocycles. The number of thioether (sulfide) groups is 1. The van der Waals surface area contributed by atoms with E-state index in [2.05, 4.69) is 15.2 Å². The van der Waals surface area contributed by atoms with Gasteiger partial charge in [-0.3, -0.25) is 4.57 Å². The third kappa shape index (κ3) is 4.19. The molecule has 0 fully saturated rings. The number of hydrogen-bond donors (Lipinski definition) is 1. The van der Waals surface area contributed by atoms with Crippen LogP contribution in [0.25, 0.3) is 17.1 Å². The van der Waals surface area contributed by atoms with Crippen molar-refractivity contribution < 1.29 is 9.90 Å². The van der Waals surface area contributed by atoms with Crippen LogP contribution in [0.15, 0.2) is 59.1 Å². The lowest BCUT2D eigenvalue weighted by Crippen LogP contribution is -2.00. The van der Waals surface area contributed by atoms with Crippen LogP contribution in [0.1, 0.15) is 21.1 Å². The summed E-state index contributed by atoms with van der Waals surface area (Å²) in [5.74, 6) is 0.110. The Morgan fingerprint density at radius 3 is 2.62 bits per heavy atom. The average molecular weight is 443 g/mol. The number of carboxylic acid groups (broad SMARTS) is 1. The van der Waals surface area contributed by atoms with Crippen molar-refractivity contribution in [1.29, 1.82) is 0 Å². The van der Waals surface area contributed by atoms with Crippen LogP contribution >= 0.6 is 34.7 Å². The fourth-order valence-corrected chi connectivity index (χ4v) is 4.67. The van der Waals surface area contributed by atoms with Crippen LogP contribution < -0.4 is 0 Å². The van der Waals surface area contributed by atoms with Crippen LogP contribution in [0.4, 0.5) is 0 Å². The molecule has 0 bridgehead atoms. The number of aryl methyl sites for hydroxylation is 1. The second-order valence-corrected chi connectivity index (χ2v) is 8.47. The highest BCUT2D eigenvalue weighted by molar-refractivity contribution is 7.98. The van der Waals surface area contributed by atoms with Crippen molar-refractivity contribution in [2.45, 2.75) is 17.8 Å². The monoisotopic (exact) mass is 442 g/mol. The van der Waals surface area contributed by atoms with Gasteiger partial charge in [0.25, 0.3) is 0 Å². The van der Waals surface area contributed by atoms with E-state index in [1.54, 1.807) is 0 Å². The van der Waals surface area contributed by atoms with Crippen molar-refractivity contribution in [1.82, 2.24) is 19.7 Å². The van der Waals surface area contributed by atoms with E-state index < -0.39 is 5.97 Å². The minimum atomic E-state index is -1.03. The molecule has 4 rings (SSSR count). The van der Waals surface area contributed by atoms with Crippen molar-refractivity contribution in [3.05, 3.63) is 75.2 Å². The lowest BCUT2D eigenvalue weighted by molar-refractivity contribution is 0.0691. The molecule has 2 heterocycles. The number of benzene rings is 2. The topological polar surface area (TPSA) is 80.9 Å². The van der Waals surface area contributed by atoms with Crippen molar-refractivity contribution in [3.63, 3.8) is 0 Å². The molecule has 0 saturated carbocycles. The molecular weight excluding hydrogens is 428 g/mol. The molecule has 6 nitrogen and oxygen atoms in total. The van der Waals surface area contributed by atoms with Crippen molar-refractivity contribution in [2.24, 2.45) is 0 Å². The summed E-state index contributed by atoms with van der Waals surface area (Å²) in [6, 6.07) is 15.6. The fourth-order valence-electron chi connectivity index (χ4n) is 2.71. The van der Waals surface area contributed by atoms with Gasteiger partial charge in [0.15, 0.2) is 16.7 Å². The van der Waals surface area contributed by atoms with Gasteiger partial charge in [-0.2, -0.15) is 0 Å². The number of rotatable bonds is 6. The van der Waals surface area contributed by atoms with Crippen LogP contribution in [0.2, 0.25) is 5.02 Å². The van der Waals surface area contributed by atoms with Gasteiger partial charge in [0.1, 0.15) is 5.01 Å². The molecule has 29 heavy (non-hydrogen) atoms. The Labute approximate surface area is 180 Å². The highest BCUT2D eigenvalue weighted by Gasteiger charge is 2.19. The summed E-state index contributed by atoms with van der Waals surface area (Å²) in [4.78, 5) is 15.2. The Bertz CT molecular complexity index is 1170. The summed E-state index contributed by atoms with van der Waals surface area (Å²) < 4.78 is 1.96. The van der Waals surface area contributed by atoms with E-state index in [9.17, 15) is 4.79 Å². The zero-order valence-corrected chi connectivity index (χ0v) is 17.6. The number of aromatic nitrogens is 4. The van der Waals surface area contributed by atoms with Gasteiger partial charge < -0.3 is 5.11 Å². The molecule has 4 aromatic rings. The molecule has 0 aliphatic rings. The molecule has 0 aliphatic carbocycles. The summed E-state index contributed by atoms with van der Waals surface area (Å²) in [6.07, 6.45) is 0. The smallest absolute Gasteiger partial charge is 0.355 e. The van der Waals surface area contributed by atoms with Crippen LogP contribution in [0.5, 0.6) is 0 Å². The molecule has 146 valence electrons. The second-order valence-electron chi connectivity index (χ2n) is 6.18. The van der Waals surface area contributed by atoms with Crippen LogP contribution in [-0.2, 0) is 5.75 Å². The third-order valence-corrected chi connectivity index (χ3v) is 6.44. The lowest BCUT2D eigenvalue weighted by Gasteiger charge is -2.11. The quantitative estimate of drug-likeness (QED) is 0.406. The number of carboxylic acids is 1. The van der Waals surface area contributed by atoms with Crippen molar-refractivity contribution >= 4 is 40.7 Å². The molecule has 0 atom stereocenters. The Hall–Kier alpha value is -2.68. The predicted octanol–water partition coefficient (Wildman–Crippen LogP) is 5.34. The number of halogens is 1. The average Bonchev–Trinajstić information content (AvgIpc) is 3.34. The SMILES string of the molecule is Cc1ccc(-n2c(SCc3nc(C(=O)O)cs3)nnc2-c2ccccc2Cl)cc1. The number of aromatic carboxylic acids is 1. The summed E-state index contributed by atoms with van der Waals surface area (Å²) in [5, 5.41) is 21.3. The lowest BCUT2D eigenvalue weighted by atomic mass is 10.2. The minimum absolute atomic E-state index is 0.0577. The van der Waals surface area contributed by atoms with Gasteiger partial charge >= 0.3 is 5.97 Å². The molecule has 0 radical (unpaired) electrons. The van der Waals surface area contributed by atoms with Crippen LogP contribution in [0.3, 0.4) is 0 Å². The number of nitrogens with zero attached hydrogens (tertiary/aromatic N) is 4. The largest absolute Gasteiger partial charge is 0.476 e. The summed E-state index contributed by atoms with van der Waals surface area (Å²) >= 11 is 9.17. The van der Waals surface area contributed by atoms with E-state index in [0.29, 0.717) is 26.8 Å². The summed E-state index contributed by atoms with van der Waals surface area (Å²) in [6.45, 7) is 2.03. The van der Waals surface area contributed by atoms with Gasteiger partial charge in [-0.05, 0) is 31.2 Å². The first-order valence-electron chi connectivity index (χ1n) is 8.61. The zero-order chi connectivity index (χ0) is 20.4. The van der Waals surface area contributed by atoms with Gasteiger partial charge in [0.05, 0.1) is 10.8 Å². The number of hydrogen-bond acceptors (Lipinski definition) is 6. The molecule has 0 amide bonds. The molecule has 2 aromatic heterocycles. The van der Waals surface area contributed by atoms with E-state index in [1.165, 1.54) is 28.5 Å². The van der Waals surface area contributed by atoms with Gasteiger partial charge in [-0.1, -0.05) is 53.2 Å². The Balaban J connectivity index is 1.72. The minimum Gasteiger partial charge on any atom is -0.476 e. The molecule has 0 saturated heterocycles. The van der Waals surface area contributed by atoms with Gasteiger partial charge in [0, 0.05) is 16.6 Å². The van der Waals surface area contributed by atoms with Gasteiger partial charge in [0.2, 0.25) is 0 Å². The summed E-state index contributed by atoms with van der Waals surface area (Å²) in [5.41, 5.74) is 2.92. The number of thiazole rings is 1. The molecule has 0 unspecified atom stereocenters. The predicted molar refractivity (Wildman–Crippen MR) is 115 cm³/mol. The third-order valence-electron chi connectivity index (χ3n) is 4.14. The first-order chi connectivity index (χ1) is 14.0. The Morgan fingerprint density at radius 2 is 1.93 bits per heavy atom. The fraction of sp³-hybridized carbons (Fsp3) is 0.100. The molecule has 0 spiro atoms. The van der Waals surface area contributed by atoms with Crippen molar-refractivity contribution in [2.75, 3.05) is 0 Å². The highest BCUT2D eigenvalue weighted by Crippen LogP contribution is 2.33. The molecule has 9 heteroatoms. The van der Waals surface area contributed by atoms with Gasteiger partial charge in [-0.15, -0.1) is 21.5 Å². The first kappa shape index (κ1) is 19.6. The highest BCUT2D eigenvalue weighted by atomic mass is 35.5. The maximum absolute atomic E-state index is 11.0. The van der Waals surface area contributed by atoms with E-state index in [0.717, 1.165) is 16.8 Å². The van der Waals surface area contributed by atoms with Gasteiger partial charge in [-0.25, -0.2) is 9.78 Å². The maximum atomic E-state index is 11.0. The van der Waals surface area contributed by atoms with E-state index in [1.807, 2.05) is 60.0 Å². The van der Waals surface area contributed by atoms with E-state index in [4.69, 9.17) is 16.7 Å². The van der Waals surface area contributed by atoms with Crippen LogP contribution in [0, 0.1) is 6.92 Å². The van der Waals surface area contributed by atoms with E-state index in [-0.39, 0.29) is 5.69 Å². The standard InChI is InChI=1S/C20H15ClN4O2S2/c1-12-6-8-13(9-7-12)25-18(14-4-2-3-5-15(14)21)23-24-20(25)29-11-17-22-16(10-28-17)19(26)27/h2-10H,11H2,1H3,(H,26,27). The molecular formula is C20H15ClN4O2S2. The second kappa shape index (κ2) is 8.36. The normalized spacial score (nSPS) is 11.0. The Morgan fingerprint density at radius 1 is 1.17 bits per heavy atom. The summed E-state index contributed by atoms with van der Waals surface area (Å²) in [7, 11) is 0. The molecule has 1 N–H and O–H groups in total.